The van der Waals surface area contributed by atoms with Crippen molar-refractivity contribution in [1.82, 2.24) is 10.2 Å². The Hall–Kier alpha value is -3.53. The molecule has 2 aromatic rings. The first kappa shape index (κ1) is 20.7. The van der Waals surface area contributed by atoms with Crippen LogP contribution >= 0.6 is 0 Å². The van der Waals surface area contributed by atoms with Gasteiger partial charge in [0.25, 0.3) is 11.8 Å². The number of nitrogens with one attached hydrogen (secondary N) is 2. The summed E-state index contributed by atoms with van der Waals surface area (Å²) < 4.78 is 40.3. The first-order valence-corrected chi connectivity index (χ1v) is 11.1. The van der Waals surface area contributed by atoms with E-state index in [9.17, 15) is 27.2 Å². The zero-order chi connectivity index (χ0) is 22.3. The van der Waals surface area contributed by atoms with Crippen LogP contribution in [0.4, 0.5) is 10.1 Å². The Morgan fingerprint density at radius 1 is 1.06 bits per heavy atom. The third kappa shape index (κ3) is 4.06. The van der Waals surface area contributed by atoms with Crippen molar-refractivity contribution in [2.45, 2.75) is 24.6 Å². The van der Waals surface area contributed by atoms with Gasteiger partial charge in [-0.05, 0) is 48.7 Å². The van der Waals surface area contributed by atoms with E-state index in [0.29, 0.717) is 17.7 Å². The predicted octanol–water partition coefficient (Wildman–Crippen LogP) is 2.16. The summed E-state index contributed by atoms with van der Waals surface area (Å²) in [5.74, 6) is -2.61. The van der Waals surface area contributed by atoms with Crippen LogP contribution < -0.4 is 10.0 Å². The number of benzene rings is 2. The van der Waals surface area contributed by atoms with Crippen molar-refractivity contribution in [2.75, 3.05) is 4.72 Å². The highest BCUT2D eigenvalue weighted by atomic mass is 32.2. The minimum atomic E-state index is -3.85. The first-order chi connectivity index (χ1) is 14.6. The van der Waals surface area contributed by atoms with Crippen LogP contribution in [0.25, 0.3) is 0 Å². The number of carbonyl (C=O) groups is 3. The second-order valence-electron chi connectivity index (χ2n) is 7.38. The number of anilines is 1. The Morgan fingerprint density at radius 3 is 2.42 bits per heavy atom. The van der Waals surface area contributed by atoms with Crippen molar-refractivity contribution in [3.63, 3.8) is 0 Å². The topological polar surface area (TPSA) is 113 Å². The van der Waals surface area contributed by atoms with Crippen molar-refractivity contribution in [3.8, 4) is 0 Å². The fourth-order valence-corrected chi connectivity index (χ4v) is 4.82. The number of sulfonamides is 1. The number of hydrogen-bond donors (Lipinski definition) is 2. The number of hydrogen-bond acceptors (Lipinski definition) is 5. The molecule has 160 valence electrons. The van der Waals surface area contributed by atoms with Crippen molar-refractivity contribution < 1.29 is 27.2 Å². The van der Waals surface area contributed by atoms with E-state index < -0.39 is 45.4 Å². The molecule has 1 saturated heterocycles. The van der Waals surface area contributed by atoms with Crippen molar-refractivity contribution in [3.05, 3.63) is 77.2 Å². The molecule has 1 fully saturated rings. The molecule has 31 heavy (non-hydrogen) atoms. The summed E-state index contributed by atoms with van der Waals surface area (Å²) in [4.78, 5) is 38.8. The number of nitrogens with zero attached hydrogens (tertiary/aromatic N) is 1. The Kier molecular flexibility index (Phi) is 5.10. The largest absolute Gasteiger partial charge is 0.329 e. The van der Waals surface area contributed by atoms with Crippen LogP contribution in [-0.4, -0.2) is 37.1 Å². The first-order valence-electron chi connectivity index (χ1n) is 9.40. The molecule has 0 aliphatic carbocycles. The zero-order valence-corrected chi connectivity index (χ0v) is 17.0. The van der Waals surface area contributed by atoms with Gasteiger partial charge in [-0.25, -0.2) is 12.8 Å². The standard InChI is InChI=1S/C21H18FN3O5S/c1-12-2-9-18(19(26)23-12)25-20(27)16-8-7-15(10-17(16)21(25)28)24-31(29,30)11-13-3-5-14(22)6-4-13/h3-8,10,18,24H,1-2,9,11H2,(H,23,26). The van der Waals surface area contributed by atoms with E-state index in [1.54, 1.807) is 0 Å². The van der Waals surface area contributed by atoms with Crippen LogP contribution in [0, 0.1) is 5.82 Å². The lowest BCUT2D eigenvalue weighted by Crippen LogP contribution is -2.51. The molecule has 1 unspecified atom stereocenters. The number of amides is 3. The van der Waals surface area contributed by atoms with Gasteiger partial charge < -0.3 is 5.32 Å². The van der Waals surface area contributed by atoms with Gasteiger partial charge in [0.15, 0.2) is 0 Å². The Balaban J connectivity index is 1.55. The summed E-state index contributed by atoms with van der Waals surface area (Å²) in [6.45, 7) is 3.68. The number of carbonyl (C=O) groups excluding carboxylic acids is 3. The highest BCUT2D eigenvalue weighted by molar-refractivity contribution is 7.91. The van der Waals surface area contributed by atoms with Crippen LogP contribution in [0.5, 0.6) is 0 Å². The fourth-order valence-electron chi connectivity index (χ4n) is 3.63. The molecule has 2 aromatic carbocycles. The van der Waals surface area contributed by atoms with E-state index in [-0.39, 0.29) is 23.2 Å². The van der Waals surface area contributed by atoms with Gasteiger partial charge in [-0.1, -0.05) is 18.7 Å². The molecule has 0 bridgehead atoms. The second-order valence-corrected chi connectivity index (χ2v) is 9.10. The summed E-state index contributed by atoms with van der Waals surface area (Å²) in [7, 11) is -3.85. The Morgan fingerprint density at radius 2 is 1.74 bits per heavy atom. The lowest BCUT2D eigenvalue weighted by atomic mass is 10.0. The summed E-state index contributed by atoms with van der Waals surface area (Å²) in [6.07, 6.45) is 0.714. The van der Waals surface area contributed by atoms with Gasteiger partial charge in [-0.3, -0.25) is 24.0 Å². The molecule has 1 atom stereocenters. The fraction of sp³-hybridized carbons (Fsp3) is 0.190. The van der Waals surface area contributed by atoms with Crippen molar-refractivity contribution in [1.29, 1.82) is 0 Å². The van der Waals surface area contributed by atoms with Crippen molar-refractivity contribution in [2.24, 2.45) is 0 Å². The molecule has 2 aliphatic rings. The Labute approximate surface area is 177 Å². The van der Waals surface area contributed by atoms with Gasteiger partial charge in [0.05, 0.1) is 16.9 Å². The van der Waals surface area contributed by atoms with Crippen LogP contribution in [0.2, 0.25) is 0 Å². The van der Waals surface area contributed by atoms with Crippen LogP contribution in [0.3, 0.4) is 0 Å². The number of piperidine rings is 1. The summed E-state index contributed by atoms with van der Waals surface area (Å²) in [5, 5.41) is 2.55. The molecule has 0 radical (unpaired) electrons. The molecule has 8 nitrogen and oxygen atoms in total. The SMILES string of the molecule is C=C1CCC(N2C(=O)c3ccc(NS(=O)(=O)Cc4ccc(F)cc4)cc3C2=O)C(=O)N1. The molecule has 0 saturated carbocycles. The van der Waals surface area contributed by atoms with E-state index in [1.807, 2.05) is 0 Å². The minimum Gasteiger partial charge on any atom is -0.329 e. The highest BCUT2D eigenvalue weighted by Gasteiger charge is 2.44. The number of allylic oxidation sites excluding steroid dienone is 1. The molecular formula is C21H18FN3O5S. The van der Waals surface area contributed by atoms with Crippen LogP contribution in [0.1, 0.15) is 39.1 Å². The number of fused-ring (bicyclic) bond motifs is 1. The molecule has 3 amide bonds. The Bertz CT molecular complexity index is 1220. The normalized spacial score (nSPS) is 18.7. The van der Waals surface area contributed by atoms with Gasteiger partial charge in [-0.2, -0.15) is 0 Å². The van der Waals surface area contributed by atoms with Gasteiger partial charge in [0.1, 0.15) is 11.9 Å². The third-order valence-electron chi connectivity index (χ3n) is 5.10. The van der Waals surface area contributed by atoms with Crippen LogP contribution in [-0.2, 0) is 20.6 Å². The zero-order valence-electron chi connectivity index (χ0n) is 16.2. The number of halogens is 1. The van der Waals surface area contributed by atoms with Crippen LogP contribution in [0.15, 0.2) is 54.7 Å². The van der Waals surface area contributed by atoms with Gasteiger partial charge >= 0.3 is 0 Å². The van der Waals surface area contributed by atoms with E-state index in [1.165, 1.54) is 30.3 Å². The molecule has 2 aliphatic heterocycles. The molecule has 10 heteroatoms. The van der Waals surface area contributed by atoms with Gasteiger partial charge in [0.2, 0.25) is 15.9 Å². The molecule has 2 heterocycles. The quantitative estimate of drug-likeness (QED) is 0.688. The maximum atomic E-state index is 13.0. The van der Waals surface area contributed by atoms with Gasteiger partial charge in [0, 0.05) is 11.4 Å². The van der Waals surface area contributed by atoms with Gasteiger partial charge in [-0.15, -0.1) is 0 Å². The van der Waals surface area contributed by atoms with E-state index >= 15 is 0 Å². The number of rotatable bonds is 5. The third-order valence-corrected chi connectivity index (χ3v) is 6.36. The monoisotopic (exact) mass is 443 g/mol. The maximum Gasteiger partial charge on any atom is 0.262 e. The molecule has 0 spiro atoms. The molecular weight excluding hydrogens is 425 g/mol. The molecule has 2 N–H and O–H groups in total. The summed E-state index contributed by atoms with van der Waals surface area (Å²) >= 11 is 0. The summed E-state index contributed by atoms with van der Waals surface area (Å²) in [5.41, 5.74) is 1.13. The average molecular weight is 443 g/mol. The lowest BCUT2D eigenvalue weighted by molar-refractivity contribution is -0.125. The highest BCUT2D eigenvalue weighted by Crippen LogP contribution is 2.30. The maximum absolute atomic E-state index is 13.0. The minimum absolute atomic E-state index is 0.0178. The van der Waals surface area contributed by atoms with Crippen molar-refractivity contribution >= 4 is 33.4 Å². The summed E-state index contributed by atoms with van der Waals surface area (Å²) in [6, 6.07) is 8.10. The average Bonchev–Trinajstić information content (AvgIpc) is 2.94. The lowest BCUT2D eigenvalue weighted by Gasteiger charge is -2.29. The smallest absolute Gasteiger partial charge is 0.262 e. The van der Waals surface area contributed by atoms with E-state index in [0.717, 1.165) is 17.0 Å². The molecule has 0 aromatic heterocycles. The second kappa shape index (κ2) is 7.62. The predicted molar refractivity (Wildman–Crippen MR) is 110 cm³/mol. The number of imide groups is 1. The van der Waals surface area contributed by atoms with E-state index in [4.69, 9.17) is 0 Å². The molecule has 4 rings (SSSR count). The van der Waals surface area contributed by atoms with E-state index in [2.05, 4.69) is 16.6 Å².